The zero-order valence-electron chi connectivity index (χ0n) is 11.2. The molecule has 0 aliphatic carbocycles. The van der Waals surface area contributed by atoms with Crippen molar-refractivity contribution in [1.29, 1.82) is 0 Å². The van der Waals surface area contributed by atoms with Gasteiger partial charge in [0.1, 0.15) is 11.7 Å². The fraction of sp³-hybridized carbons (Fsp3) is 0.500. The van der Waals surface area contributed by atoms with Gasteiger partial charge in [-0.1, -0.05) is 0 Å². The Balaban J connectivity index is 2.20. The minimum atomic E-state index is -4.56. The molecule has 0 bridgehead atoms. The summed E-state index contributed by atoms with van der Waals surface area (Å²) in [7, 11) is 1.13. The Morgan fingerprint density at radius 2 is 2.24 bits per heavy atom. The third-order valence-electron chi connectivity index (χ3n) is 3.13. The van der Waals surface area contributed by atoms with E-state index in [0.717, 1.165) is 13.2 Å². The van der Waals surface area contributed by atoms with Gasteiger partial charge in [0, 0.05) is 13.0 Å². The van der Waals surface area contributed by atoms with Crippen molar-refractivity contribution in [3.63, 3.8) is 0 Å². The Morgan fingerprint density at radius 3 is 2.81 bits per heavy atom. The highest BCUT2D eigenvalue weighted by atomic mass is 19.4. The van der Waals surface area contributed by atoms with E-state index >= 15 is 0 Å². The van der Waals surface area contributed by atoms with Crippen LogP contribution in [-0.4, -0.2) is 37.4 Å². The van der Waals surface area contributed by atoms with Gasteiger partial charge in [0.15, 0.2) is 0 Å². The molecule has 1 saturated heterocycles. The van der Waals surface area contributed by atoms with Gasteiger partial charge in [-0.15, -0.1) is 0 Å². The molecule has 0 spiro atoms. The van der Waals surface area contributed by atoms with Crippen LogP contribution in [0.3, 0.4) is 0 Å². The zero-order valence-corrected chi connectivity index (χ0v) is 11.2. The summed E-state index contributed by atoms with van der Waals surface area (Å²) in [4.78, 5) is 16.0. The molecule has 0 radical (unpaired) electrons. The smallest absolute Gasteiger partial charge is 0.421 e. The molecule has 2 rings (SSSR count). The van der Waals surface area contributed by atoms with E-state index < -0.39 is 29.8 Å². The zero-order chi connectivity index (χ0) is 15.6. The third kappa shape index (κ3) is 3.47. The van der Waals surface area contributed by atoms with Gasteiger partial charge in [0.2, 0.25) is 5.88 Å². The minimum absolute atomic E-state index is 0.272. The number of rotatable bonds is 3. The molecule has 2 N–H and O–H groups in total. The van der Waals surface area contributed by atoms with Crippen LogP contribution in [0.2, 0.25) is 0 Å². The Bertz CT molecular complexity index is 536. The summed E-state index contributed by atoms with van der Waals surface area (Å²) in [5.41, 5.74) is 4.27. The number of primary amides is 1. The number of aromatic nitrogens is 1. The van der Waals surface area contributed by atoms with Gasteiger partial charge in [0.05, 0.1) is 25.5 Å². The second-order valence-corrected chi connectivity index (χ2v) is 4.54. The quantitative estimate of drug-likeness (QED) is 0.921. The predicted octanol–water partition coefficient (Wildman–Crippen LogP) is 1.78. The average molecular weight is 305 g/mol. The monoisotopic (exact) mass is 305 g/mol. The number of carbonyl (C=O) groups is 1. The molecule has 2 heterocycles. The first kappa shape index (κ1) is 15.2. The molecule has 1 amide bonds. The van der Waals surface area contributed by atoms with Crippen LogP contribution in [0, 0.1) is 0 Å². The van der Waals surface area contributed by atoms with Gasteiger partial charge >= 0.3 is 12.3 Å². The second-order valence-electron chi connectivity index (χ2n) is 4.54. The molecule has 1 aromatic rings. The van der Waals surface area contributed by atoms with Crippen molar-refractivity contribution < 1.29 is 27.4 Å². The number of amides is 1. The molecule has 1 aliphatic rings. The van der Waals surface area contributed by atoms with Gasteiger partial charge in [-0.25, -0.2) is 9.78 Å². The number of ether oxygens (including phenoxy) is 2. The van der Waals surface area contributed by atoms with Crippen LogP contribution in [0.25, 0.3) is 0 Å². The summed E-state index contributed by atoms with van der Waals surface area (Å²) in [6.45, 7) is 0.720. The van der Waals surface area contributed by atoms with Crippen molar-refractivity contribution in [2.75, 3.05) is 25.1 Å². The van der Waals surface area contributed by atoms with Crippen molar-refractivity contribution >= 4 is 11.8 Å². The van der Waals surface area contributed by atoms with E-state index in [4.69, 9.17) is 10.5 Å². The summed E-state index contributed by atoms with van der Waals surface area (Å²) in [6.07, 6.45) is -4.10. The highest BCUT2D eigenvalue weighted by Crippen LogP contribution is 2.37. The summed E-state index contributed by atoms with van der Waals surface area (Å²) in [5, 5.41) is 0. The maximum atomic E-state index is 12.9. The third-order valence-corrected chi connectivity index (χ3v) is 3.13. The van der Waals surface area contributed by atoms with Crippen LogP contribution in [-0.2, 0) is 10.9 Å². The van der Waals surface area contributed by atoms with Gasteiger partial charge in [-0.2, -0.15) is 13.2 Å². The van der Waals surface area contributed by atoms with Crippen LogP contribution >= 0.6 is 0 Å². The molecule has 6 nitrogen and oxygen atoms in total. The van der Waals surface area contributed by atoms with Crippen molar-refractivity contribution in [1.82, 2.24) is 4.98 Å². The van der Waals surface area contributed by atoms with Crippen LogP contribution in [0.15, 0.2) is 12.3 Å². The highest BCUT2D eigenvalue weighted by Gasteiger charge is 2.36. The van der Waals surface area contributed by atoms with Crippen LogP contribution in [0.5, 0.6) is 5.88 Å². The fourth-order valence-corrected chi connectivity index (χ4v) is 2.20. The highest BCUT2D eigenvalue weighted by molar-refractivity contribution is 5.65. The normalized spacial score (nSPS) is 18.7. The lowest BCUT2D eigenvalue weighted by molar-refractivity contribution is -0.139. The van der Waals surface area contributed by atoms with E-state index in [-0.39, 0.29) is 6.54 Å². The Labute approximate surface area is 118 Å². The number of hydrogen-bond acceptors (Lipinski definition) is 5. The molecule has 0 aromatic carbocycles. The minimum Gasteiger partial charge on any atom is -0.481 e. The van der Waals surface area contributed by atoms with Gasteiger partial charge < -0.3 is 20.1 Å². The van der Waals surface area contributed by atoms with Crippen LogP contribution in [0.1, 0.15) is 12.0 Å². The first-order valence-corrected chi connectivity index (χ1v) is 6.13. The standard InChI is InChI=1S/C12H14F3N3O3/c1-20-10-9(12(13,14)15)4-7(5-17-10)18-3-2-8(6-18)21-11(16)19/h4-5,8H,2-3,6H2,1H3,(H2,16,19)/t8-/m1/s1. The molecular weight excluding hydrogens is 291 g/mol. The molecule has 1 aromatic heterocycles. The fourth-order valence-electron chi connectivity index (χ4n) is 2.20. The summed E-state index contributed by atoms with van der Waals surface area (Å²) >= 11 is 0. The van der Waals surface area contributed by atoms with Crippen molar-refractivity contribution in [2.45, 2.75) is 18.7 Å². The molecule has 1 aliphatic heterocycles. The molecule has 0 unspecified atom stereocenters. The van der Waals surface area contributed by atoms with E-state index in [1.807, 2.05) is 0 Å². The second kappa shape index (κ2) is 5.66. The van der Waals surface area contributed by atoms with E-state index in [1.54, 1.807) is 4.90 Å². The SMILES string of the molecule is COc1ncc(N2CC[C@@H](OC(N)=O)C2)cc1C(F)(F)F. The molecule has 116 valence electrons. The number of pyridine rings is 1. The Morgan fingerprint density at radius 1 is 1.52 bits per heavy atom. The van der Waals surface area contributed by atoms with Crippen molar-refractivity contribution in [3.05, 3.63) is 17.8 Å². The average Bonchev–Trinajstić information content (AvgIpc) is 2.84. The number of alkyl halides is 3. The van der Waals surface area contributed by atoms with Crippen LogP contribution < -0.4 is 15.4 Å². The van der Waals surface area contributed by atoms with Crippen LogP contribution in [0.4, 0.5) is 23.7 Å². The number of nitrogens with two attached hydrogens (primary N) is 1. The molecule has 0 saturated carbocycles. The number of methoxy groups -OCH3 is 1. The molecular formula is C12H14F3N3O3. The van der Waals surface area contributed by atoms with E-state index in [2.05, 4.69) is 9.72 Å². The number of halogens is 3. The number of carbonyl (C=O) groups excluding carboxylic acids is 1. The summed E-state index contributed by atoms with van der Waals surface area (Å²) in [6, 6.07) is 0.971. The van der Waals surface area contributed by atoms with E-state index in [9.17, 15) is 18.0 Å². The van der Waals surface area contributed by atoms with Crippen molar-refractivity contribution in [2.24, 2.45) is 5.73 Å². The number of anilines is 1. The number of nitrogens with zero attached hydrogens (tertiary/aromatic N) is 2. The van der Waals surface area contributed by atoms with E-state index in [0.29, 0.717) is 18.7 Å². The van der Waals surface area contributed by atoms with Gasteiger partial charge in [0.25, 0.3) is 0 Å². The summed E-state index contributed by atoms with van der Waals surface area (Å²) < 4.78 is 48.2. The molecule has 1 atom stereocenters. The lowest BCUT2D eigenvalue weighted by Crippen LogP contribution is -2.27. The van der Waals surface area contributed by atoms with Gasteiger partial charge in [-0.05, 0) is 6.07 Å². The largest absolute Gasteiger partial charge is 0.481 e. The number of hydrogen-bond donors (Lipinski definition) is 1. The first-order valence-electron chi connectivity index (χ1n) is 6.13. The topological polar surface area (TPSA) is 77.7 Å². The molecule has 1 fully saturated rings. The maximum absolute atomic E-state index is 12.9. The van der Waals surface area contributed by atoms with E-state index in [1.165, 1.54) is 6.20 Å². The summed E-state index contributed by atoms with van der Waals surface area (Å²) in [5.74, 6) is -0.476. The predicted molar refractivity (Wildman–Crippen MR) is 67.1 cm³/mol. The Kier molecular flexibility index (Phi) is 4.10. The lowest BCUT2D eigenvalue weighted by Gasteiger charge is -2.20. The lowest BCUT2D eigenvalue weighted by atomic mass is 10.2. The van der Waals surface area contributed by atoms with Gasteiger partial charge in [-0.3, -0.25) is 0 Å². The molecule has 9 heteroatoms. The van der Waals surface area contributed by atoms with Crippen molar-refractivity contribution in [3.8, 4) is 5.88 Å². The maximum Gasteiger partial charge on any atom is 0.421 e. The molecule has 21 heavy (non-hydrogen) atoms. The first-order chi connectivity index (χ1) is 9.81. The Hall–Kier alpha value is -2.19.